The zero-order chi connectivity index (χ0) is 15.2. The van der Waals surface area contributed by atoms with Crippen LogP contribution in [-0.4, -0.2) is 5.11 Å². The third-order valence-electron chi connectivity index (χ3n) is 3.29. The van der Waals surface area contributed by atoms with E-state index >= 15 is 0 Å². The van der Waals surface area contributed by atoms with Crippen LogP contribution >= 0.6 is 11.6 Å². The highest BCUT2D eigenvalue weighted by atomic mass is 35.5. The van der Waals surface area contributed by atoms with Crippen molar-refractivity contribution < 1.29 is 5.11 Å². The minimum absolute atomic E-state index is 0.0940. The van der Waals surface area contributed by atoms with E-state index in [4.69, 9.17) is 16.9 Å². The second-order valence-corrected chi connectivity index (χ2v) is 5.26. The van der Waals surface area contributed by atoms with E-state index in [1.807, 2.05) is 67.6 Å². The monoisotopic (exact) mass is 297 g/mol. The summed E-state index contributed by atoms with van der Waals surface area (Å²) < 4.78 is 0. The molecule has 1 unspecified atom stereocenters. The summed E-state index contributed by atoms with van der Waals surface area (Å²) in [6.45, 7) is 2.01. The summed E-state index contributed by atoms with van der Waals surface area (Å²) in [5.74, 6) is 0. The van der Waals surface area contributed by atoms with E-state index in [2.05, 4.69) is 0 Å². The second kappa shape index (κ2) is 7.08. The molecule has 21 heavy (non-hydrogen) atoms. The molecule has 2 rings (SSSR count). The van der Waals surface area contributed by atoms with Gasteiger partial charge < -0.3 is 5.11 Å². The van der Waals surface area contributed by atoms with Crippen LogP contribution in [0, 0.1) is 18.3 Å². The molecule has 0 aliphatic carbocycles. The van der Waals surface area contributed by atoms with Gasteiger partial charge in [-0.05, 0) is 41.3 Å². The molecule has 0 amide bonds. The number of aliphatic hydroxyl groups excluding tert-OH is 1. The van der Waals surface area contributed by atoms with Crippen molar-refractivity contribution in [1.82, 2.24) is 0 Å². The zero-order valence-electron chi connectivity index (χ0n) is 11.8. The van der Waals surface area contributed by atoms with Crippen LogP contribution in [0.2, 0.25) is 5.02 Å². The minimum atomic E-state index is -0.745. The predicted molar refractivity (Wildman–Crippen MR) is 86.7 cm³/mol. The fourth-order valence-corrected chi connectivity index (χ4v) is 2.39. The highest BCUT2D eigenvalue weighted by Gasteiger charge is 2.06. The average molecular weight is 298 g/mol. The maximum atomic E-state index is 9.85. The number of nitriles is 1. The SMILES string of the molecule is Cc1cccc(Cl)c1C=Cc1cccc(C(O)CC#N)c1. The Labute approximate surface area is 129 Å². The Morgan fingerprint density at radius 3 is 2.71 bits per heavy atom. The topological polar surface area (TPSA) is 44.0 Å². The fourth-order valence-electron chi connectivity index (χ4n) is 2.11. The van der Waals surface area contributed by atoms with Gasteiger partial charge in [0, 0.05) is 5.02 Å². The summed E-state index contributed by atoms with van der Waals surface area (Å²) in [5, 5.41) is 19.2. The Bertz CT molecular complexity index is 680. The van der Waals surface area contributed by atoms with Crippen LogP contribution in [0.5, 0.6) is 0 Å². The van der Waals surface area contributed by atoms with Crippen LogP contribution in [0.4, 0.5) is 0 Å². The number of halogens is 1. The van der Waals surface area contributed by atoms with E-state index in [9.17, 15) is 5.11 Å². The molecule has 0 fully saturated rings. The Hall–Kier alpha value is -2.08. The molecule has 2 aromatic rings. The van der Waals surface area contributed by atoms with Crippen molar-refractivity contribution >= 4 is 23.8 Å². The summed E-state index contributed by atoms with van der Waals surface area (Å²) in [4.78, 5) is 0. The molecule has 0 radical (unpaired) electrons. The van der Waals surface area contributed by atoms with E-state index in [1.54, 1.807) is 0 Å². The summed E-state index contributed by atoms with van der Waals surface area (Å²) in [5.41, 5.74) is 3.81. The third-order valence-corrected chi connectivity index (χ3v) is 3.62. The van der Waals surface area contributed by atoms with Crippen molar-refractivity contribution in [2.45, 2.75) is 19.4 Å². The smallest absolute Gasteiger partial charge is 0.0920 e. The highest BCUT2D eigenvalue weighted by Crippen LogP contribution is 2.23. The predicted octanol–water partition coefficient (Wildman–Crippen LogP) is 4.77. The second-order valence-electron chi connectivity index (χ2n) is 4.85. The lowest BCUT2D eigenvalue weighted by Crippen LogP contribution is -1.95. The standard InChI is InChI=1S/C18H16ClNO/c1-13-4-2-7-17(19)16(13)9-8-14-5-3-6-15(12-14)18(21)10-11-20/h2-9,12,18,21H,10H2,1H3. The number of nitrogens with zero attached hydrogens (tertiary/aromatic N) is 1. The Kier molecular flexibility index (Phi) is 5.16. The first kappa shape index (κ1) is 15.3. The molecule has 1 atom stereocenters. The van der Waals surface area contributed by atoms with E-state index in [0.717, 1.165) is 22.3 Å². The van der Waals surface area contributed by atoms with Crippen molar-refractivity contribution in [2.75, 3.05) is 0 Å². The minimum Gasteiger partial charge on any atom is -0.387 e. The molecule has 0 saturated heterocycles. The Morgan fingerprint density at radius 1 is 1.24 bits per heavy atom. The van der Waals surface area contributed by atoms with Gasteiger partial charge in [0.2, 0.25) is 0 Å². The van der Waals surface area contributed by atoms with Gasteiger partial charge in [0.15, 0.2) is 0 Å². The van der Waals surface area contributed by atoms with Crippen molar-refractivity contribution in [3.63, 3.8) is 0 Å². The van der Waals surface area contributed by atoms with Crippen LogP contribution in [0.3, 0.4) is 0 Å². The number of aliphatic hydroxyl groups is 1. The number of hydrogen-bond acceptors (Lipinski definition) is 2. The lowest BCUT2D eigenvalue weighted by Gasteiger charge is -2.07. The normalized spacial score (nSPS) is 12.3. The van der Waals surface area contributed by atoms with Gasteiger partial charge in [0.1, 0.15) is 0 Å². The van der Waals surface area contributed by atoms with E-state index in [1.165, 1.54) is 0 Å². The average Bonchev–Trinajstić information content (AvgIpc) is 2.47. The van der Waals surface area contributed by atoms with E-state index < -0.39 is 6.10 Å². The highest BCUT2D eigenvalue weighted by molar-refractivity contribution is 6.32. The van der Waals surface area contributed by atoms with E-state index in [-0.39, 0.29) is 6.42 Å². The van der Waals surface area contributed by atoms with Gasteiger partial charge in [-0.25, -0.2) is 0 Å². The molecule has 0 saturated carbocycles. The molecule has 3 heteroatoms. The largest absolute Gasteiger partial charge is 0.387 e. The summed E-state index contributed by atoms with van der Waals surface area (Å²) in [6, 6.07) is 15.3. The van der Waals surface area contributed by atoms with Gasteiger partial charge in [0.05, 0.1) is 18.6 Å². The molecule has 1 N–H and O–H groups in total. The van der Waals surface area contributed by atoms with Gasteiger partial charge in [-0.1, -0.05) is 54.1 Å². The molecular formula is C18H16ClNO. The number of benzene rings is 2. The lowest BCUT2D eigenvalue weighted by molar-refractivity contribution is 0.183. The Morgan fingerprint density at radius 2 is 2.00 bits per heavy atom. The quantitative estimate of drug-likeness (QED) is 0.826. The number of hydrogen-bond donors (Lipinski definition) is 1. The molecule has 0 aliphatic heterocycles. The van der Waals surface area contributed by atoms with Gasteiger partial charge in [-0.2, -0.15) is 5.26 Å². The first-order valence-corrected chi connectivity index (χ1v) is 7.08. The number of rotatable bonds is 4. The van der Waals surface area contributed by atoms with Crippen LogP contribution in [-0.2, 0) is 0 Å². The van der Waals surface area contributed by atoms with Crippen molar-refractivity contribution in [2.24, 2.45) is 0 Å². The fraction of sp³-hybridized carbons (Fsp3) is 0.167. The first-order valence-electron chi connectivity index (χ1n) is 6.70. The van der Waals surface area contributed by atoms with Crippen molar-refractivity contribution in [3.05, 3.63) is 69.7 Å². The Balaban J connectivity index is 2.26. The molecule has 0 bridgehead atoms. The first-order chi connectivity index (χ1) is 10.1. The molecule has 2 aromatic carbocycles. The maximum Gasteiger partial charge on any atom is 0.0920 e. The maximum absolute atomic E-state index is 9.85. The third kappa shape index (κ3) is 3.95. The van der Waals surface area contributed by atoms with Gasteiger partial charge >= 0.3 is 0 Å². The molecule has 0 heterocycles. The molecule has 0 aliphatic rings. The zero-order valence-corrected chi connectivity index (χ0v) is 12.5. The van der Waals surface area contributed by atoms with Gasteiger partial charge in [-0.3, -0.25) is 0 Å². The van der Waals surface area contributed by atoms with Crippen LogP contribution in [0.15, 0.2) is 42.5 Å². The van der Waals surface area contributed by atoms with Gasteiger partial charge in [0.25, 0.3) is 0 Å². The van der Waals surface area contributed by atoms with Gasteiger partial charge in [-0.15, -0.1) is 0 Å². The molecule has 0 aromatic heterocycles. The summed E-state index contributed by atoms with van der Waals surface area (Å²) >= 11 is 6.19. The van der Waals surface area contributed by atoms with Crippen molar-refractivity contribution in [1.29, 1.82) is 5.26 Å². The summed E-state index contributed by atoms with van der Waals surface area (Å²) in [6.07, 6.45) is 3.27. The molecule has 0 spiro atoms. The van der Waals surface area contributed by atoms with Crippen LogP contribution in [0.25, 0.3) is 12.2 Å². The van der Waals surface area contributed by atoms with Crippen LogP contribution < -0.4 is 0 Å². The van der Waals surface area contributed by atoms with Crippen molar-refractivity contribution in [3.8, 4) is 6.07 Å². The summed E-state index contributed by atoms with van der Waals surface area (Å²) in [7, 11) is 0. The molecule has 2 nitrogen and oxygen atoms in total. The molecular weight excluding hydrogens is 282 g/mol. The van der Waals surface area contributed by atoms with Crippen LogP contribution in [0.1, 0.15) is 34.8 Å². The lowest BCUT2D eigenvalue weighted by atomic mass is 10.0. The number of aryl methyl sites for hydroxylation is 1. The van der Waals surface area contributed by atoms with E-state index in [0.29, 0.717) is 5.02 Å². The molecule has 106 valence electrons.